The number of piperazine rings is 1. The molecule has 19 heteroatoms. The maximum absolute atomic E-state index is 14.4. The van der Waals surface area contributed by atoms with Gasteiger partial charge >= 0.3 is 11.9 Å². The van der Waals surface area contributed by atoms with E-state index in [-0.39, 0.29) is 42.3 Å². The number of hydrogen-bond donors (Lipinski definition) is 2. The first kappa shape index (κ1) is 43.6. The zero-order valence-electron chi connectivity index (χ0n) is 35.8. The lowest BCUT2D eigenvalue weighted by Gasteiger charge is -2.39. The van der Waals surface area contributed by atoms with E-state index in [4.69, 9.17) is 4.74 Å². The SMILES string of the molecule is Cn1cnnc1[C@H](O)C1C=CC=C(n2cc3c(C(F)(F)F)cc(COCCCN4CCC(CN5CCN(c6ccc7c(c6)CN(C6CCC(=O)NC6=O)C7=O)CC5)CC4)cn3c2=O)C1. The summed E-state index contributed by atoms with van der Waals surface area (Å²) in [5, 5.41) is 21.1. The van der Waals surface area contributed by atoms with Crippen LogP contribution in [0.4, 0.5) is 18.9 Å². The summed E-state index contributed by atoms with van der Waals surface area (Å²) in [5.41, 5.74) is 1.48. The minimum absolute atomic E-state index is 0.0707. The van der Waals surface area contributed by atoms with Gasteiger partial charge < -0.3 is 29.1 Å². The molecule has 0 radical (unpaired) electrons. The van der Waals surface area contributed by atoms with Gasteiger partial charge in [0.25, 0.3) is 5.91 Å². The Balaban J connectivity index is 0.711. The van der Waals surface area contributed by atoms with Crippen molar-refractivity contribution in [3.8, 4) is 0 Å². The van der Waals surface area contributed by atoms with Crippen LogP contribution in [0.5, 0.6) is 0 Å². The lowest BCUT2D eigenvalue weighted by Crippen LogP contribution is -2.52. The van der Waals surface area contributed by atoms with E-state index in [9.17, 15) is 37.5 Å². The number of piperidine rings is 2. The monoisotopic (exact) mass is 886 g/mol. The highest BCUT2D eigenvalue weighted by atomic mass is 19.4. The number of allylic oxidation sites excluding steroid dienone is 3. The topological polar surface area (TPSA) is 163 Å². The predicted molar refractivity (Wildman–Crippen MR) is 229 cm³/mol. The molecule has 3 saturated heterocycles. The highest BCUT2D eigenvalue weighted by Gasteiger charge is 2.40. The number of hydrogen-bond acceptors (Lipinski definition) is 11. The fraction of sp³-hybridized carbons (Fsp3) is 0.511. The van der Waals surface area contributed by atoms with Gasteiger partial charge in [-0.3, -0.25) is 33.6 Å². The van der Waals surface area contributed by atoms with Crippen LogP contribution in [0.2, 0.25) is 0 Å². The second kappa shape index (κ2) is 18.1. The van der Waals surface area contributed by atoms with E-state index in [0.717, 1.165) is 93.3 Å². The number of pyridine rings is 1. The Labute approximate surface area is 367 Å². The molecule has 5 aliphatic rings. The van der Waals surface area contributed by atoms with Crippen molar-refractivity contribution in [3.63, 3.8) is 0 Å². The molecule has 1 aliphatic carbocycles. The number of nitrogens with one attached hydrogen (secondary N) is 1. The summed E-state index contributed by atoms with van der Waals surface area (Å²) in [6.45, 7) is 8.14. The number of benzene rings is 1. The number of likely N-dealkylation sites (tertiary alicyclic amines) is 1. The van der Waals surface area contributed by atoms with E-state index in [2.05, 4.69) is 36.3 Å². The number of ether oxygens (including phenoxy) is 1. The average Bonchev–Trinajstić information content (AvgIpc) is 3.97. The van der Waals surface area contributed by atoms with E-state index in [1.165, 1.54) is 23.3 Å². The summed E-state index contributed by atoms with van der Waals surface area (Å²) in [7, 11) is 1.71. The van der Waals surface area contributed by atoms with E-state index in [1.54, 1.807) is 34.7 Å². The number of imide groups is 1. The van der Waals surface area contributed by atoms with Crippen LogP contribution in [0.15, 0.2) is 66.0 Å². The molecule has 3 atom stereocenters. The zero-order chi connectivity index (χ0) is 44.7. The van der Waals surface area contributed by atoms with E-state index >= 15 is 0 Å². The number of aliphatic hydroxyl groups is 1. The van der Waals surface area contributed by atoms with Gasteiger partial charge in [-0.05, 0) is 92.6 Å². The van der Waals surface area contributed by atoms with Crippen LogP contribution in [0.25, 0.3) is 11.2 Å². The first-order valence-electron chi connectivity index (χ1n) is 22.1. The largest absolute Gasteiger partial charge is 0.418 e. The summed E-state index contributed by atoms with van der Waals surface area (Å²) in [6.07, 6.45) is 7.17. The molecular weight excluding hydrogens is 834 g/mol. The molecule has 2 N–H and O–H groups in total. The molecule has 0 spiro atoms. The van der Waals surface area contributed by atoms with E-state index in [0.29, 0.717) is 42.6 Å². The lowest BCUT2D eigenvalue weighted by molar-refractivity contribution is -0.137. The number of nitrogens with zero attached hydrogens (tertiary/aromatic N) is 9. The van der Waals surface area contributed by atoms with Crippen molar-refractivity contribution < 1.29 is 37.4 Å². The Morgan fingerprint density at radius 3 is 2.52 bits per heavy atom. The second-order valence-electron chi connectivity index (χ2n) is 17.7. The first-order chi connectivity index (χ1) is 30.8. The summed E-state index contributed by atoms with van der Waals surface area (Å²) < 4.78 is 52.8. The van der Waals surface area contributed by atoms with Crippen LogP contribution in [0.3, 0.4) is 0 Å². The number of amides is 3. The Bertz CT molecular complexity index is 2530. The third-order valence-electron chi connectivity index (χ3n) is 13.4. The molecule has 7 heterocycles. The van der Waals surface area contributed by atoms with Crippen LogP contribution >= 0.6 is 0 Å². The summed E-state index contributed by atoms with van der Waals surface area (Å²) >= 11 is 0. The zero-order valence-corrected chi connectivity index (χ0v) is 35.8. The highest BCUT2D eigenvalue weighted by molar-refractivity contribution is 6.05. The Morgan fingerprint density at radius 2 is 1.78 bits per heavy atom. The van der Waals surface area contributed by atoms with Crippen LogP contribution in [0, 0.1) is 11.8 Å². The number of aliphatic hydroxyl groups excluding tert-OH is 1. The van der Waals surface area contributed by atoms with Gasteiger partial charge in [0.15, 0.2) is 5.82 Å². The van der Waals surface area contributed by atoms with Crippen molar-refractivity contribution >= 4 is 34.6 Å². The molecule has 9 rings (SSSR count). The Morgan fingerprint density at radius 1 is 0.984 bits per heavy atom. The van der Waals surface area contributed by atoms with Crippen molar-refractivity contribution in [1.29, 1.82) is 0 Å². The third-order valence-corrected chi connectivity index (χ3v) is 13.4. The Hall–Kier alpha value is -5.63. The Kier molecular flexibility index (Phi) is 12.3. The molecule has 0 bridgehead atoms. The van der Waals surface area contributed by atoms with Gasteiger partial charge in [-0.25, -0.2) is 4.79 Å². The number of fused-ring (bicyclic) bond motifs is 2. The number of carbonyl (C=O) groups is 3. The molecule has 3 aromatic heterocycles. The normalized spacial score (nSPS) is 22.1. The number of halogens is 3. The molecule has 3 amide bonds. The van der Waals surface area contributed by atoms with E-state index in [1.807, 2.05) is 12.1 Å². The van der Waals surface area contributed by atoms with Gasteiger partial charge in [0, 0.05) is 101 Å². The molecule has 64 heavy (non-hydrogen) atoms. The number of aromatic nitrogens is 5. The number of rotatable bonds is 13. The quantitative estimate of drug-likeness (QED) is 0.149. The number of anilines is 1. The standard InChI is InChI=1S/C45H53F3N10O6/c1-52-28-49-51-41(52)40(60)31-4-2-5-34(21-31)56-26-38-36(45(46,47)48)20-30(24-58(38)44(56)63)27-64-19-3-12-53-13-10-29(11-14-53)23-54-15-17-55(18-16-54)33-6-7-35-32(22-33)25-57(43(35)62)37-8-9-39(59)50-42(37)61/h2,4-7,20,22,24,26,28-29,31,37,40,60H,3,8-19,21,23,25,27H2,1H3,(H,50,59,61)/t31?,37?,40-/m1/s1. The van der Waals surface area contributed by atoms with Gasteiger partial charge in [-0.15, -0.1) is 10.2 Å². The van der Waals surface area contributed by atoms with Crippen LogP contribution in [-0.2, 0) is 40.7 Å². The van der Waals surface area contributed by atoms with Crippen LogP contribution < -0.4 is 15.9 Å². The molecule has 4 aliphatic heterocycles. The van der Waals surface area contributed by atoms with Crippen molar-refractivity contribution in [3.05, 3.63) is 99.8 Å². The van der Waals surface area contributed by atoms with Gasteiger partial charge in [-0.1, -0.05) is 12.2 Å². The van der Waals surface area contributed by atoms with E-state index < -0.39 is 41.4 Å². The molecule has 16 nitrogen and oxygen atoms in total. The summed E-state index contributed by atoms with van der Waals surface area (Å²) in [6, 6.07) is 6.35. The molecule has 4 aromatic rings. The third kappa shape index (κ3) is 9.03. The number of imidazole rings is 1. The molecular formula is C45H53F3N10O6. The molecule has 0 saturated carbocycles. The van der Waals surface area contributed by atoms with Gasteiger partial charge in [0.1, 0.15) is 18.5 Å². The van der Waals surface area contributed by atoms with Crippen LogP contribution in [0.1, 0.15) is 77.5 Å². The minimum Gasteiger partial charge on any atom is -0.384 e. The van der Waals surface area contributed by atoms with Crippen molar-refractivity contribution in [1.82, 2.24) is 43.7 Å². The summed E-state index contributed by atoms with van der Waals surface area (Å²) in [4.78, 5) is 59.7. The van der Waals surface area contributed by atoms with Crippen molar-refractivity contribution in [2.24, 2.45) is 18.9 Å². The smallest absolute Gasteiger partial charge is 0.384 e. The maximum Gasteiger partial charge on any atom is 0.418 e. The fourth-order valence-corrected chi connectivity index (χ4v) is 9.88. The average molecular weight is 887 g/mol. The van der Waals surface area contributed by atoms with Crippen molar-refractivity contribution in [2.45, 2.75) is 70.0 Å². The molecule has 2 unspecified atom stereocenters. The van der Waals surface area contributed by atoms with Crippen LogP contribution in [-0.4, -0.2) is 126 Å². The predicted octanol–water partition coefficient (Wildman–Crippen LogP) is 3.60. The first-order valence-corrected chi connectivity index (χ1v) is 22.1. The van der Waals surface area contributed by atoms with Gasteiger partial charge in [-0.2, -0.15) is 13.2 Å². The minimum atomic E-state index is -4.70. The van der Waals surface area contributed by atoms with Gasteiger partial charge in [0.05, 0.1) is 17.7 Å². The highest BCUT2D eigenvalue weighted by Crippen LogP contribution is 2.36. The summed E-state index contributed by atoms with van der Waals surface area (Å²) in [5.74, 6) is -0.388. The maximum atomic E-state index is 14.4. The molecule has 1 aromatic carbocycles. The van der Waals surface area contributed by atoms with Crippen molar-refractivity contribution in [2.75, 3.05) is 63.9 Å². The number of carbonyl (C=O) groups excluding carboxylic acids is 3. The van der Waals surface area contributed by atoms with Gasteiger partial charge in [0.2, 0.25) is 11.8 Å². The molecule has 340 valence electrons. The number of aryl methyl sites for hydroxylation is 1. The number of alkyl halides is 3. The fourth-order valence-electron chi connectivity index (χ4n) is 9.88. The molecule has 3 fully saturated rings. The lowest BCUT2D eigenvalue weighted by atomic mass is 9.92. The second-order valence-corrected chi connectivity index (χ2v) is 17.7.